The summed E-state index contributed by atoms with van der Waals surface area (Å²) in [4.78, 5) is 14.2. The predicted molar refractivity (Wildman–Crippen MR) is 107 cm³/mol. The summed E-state index contributed by atoms with van der Waals surface area (Å²) in [5.74, 6) is 0.772. The van der Waals surface area contributed by atoms with Crippen LogP contribution in [0.3, 0.4) is 0 Å². The van der Waals surface area contributed by atoms with Crippen LogP contribution in [0.15, 0.2) is 33.7 Å². The summed E-state index contributed by atoms with van der Waals surface area (Å²) in [6.45, 7) is 6.34. The van der Waals surface area contributed by atoms with Gasteiger partial charge in [-0.1, -0.05) is 30.6 Å². The van der Waals surface area contributed by atoms with E-state index in [4.69, 9.17) is 9.26 Å². The van der Waals surface area contributed by atoms with E-state index in [0.717, 1.165) is 12.8 Å². The summed E-state index contributed by atoms with van der Waals surface area (Å²) < 4.78 is 37.7. The lowest BCUT2D eigenvalue weighted by molar-refractivity contribution is -0.134. The number of ether oxygens (including phenoxy) is 1. The third-order valence-corrected chi connectivity index (χ3v) is 7.13. The predicted octanol–water partition coefficient (Wildman–Crippen LogP) is 2.16. The number of hydrogen-bond donors (Lipinski definition) is 0. The maximum absolute atomic E-state index is 12.8. The SMILES string of the molecule is CCCc1ccc(OCC(=O)N2CCN(S(=O)(=O)c3c(C)noc3C)CC2)cc1. The van der Waals surface area contributed by atoms with Gasteiger partial charge in [0.1, 0.15) is 16.3 Å². The number of aryl methyl sites for hydroxylation is 3. The molecule has 0 saturated carbocycles. The van der Waals surface area contributed by atoms with Crippen molar-refractivity contribution in [3.8, 4) is 5.75 Å². The van der Waals surface area contributed by atoms with Gasteiger partial charge in [0, 0.05) is 26.2 Å². The van der Waals surface area contributed by atoms with E-state index in [1.807, 2.05) is 24.3 Å². The monoisotopic (exact) mass is 421 g/mol. The third kappa shape index (κ3) is 4.79. The summed E-state index contributed by atoms with van der Waals surface area (Å²) in [5, 5.41) is 3.73. The molecule has 2 heterocycles. The standard InChI is InChI=1S/C20H27N3O5S/c1-4-5-17-6-8-18(9-7-17)27-14-19(24)22-10-12-23(13-11-22)29(25,26)20-15(2)21-28-16(20)3/h6-9H,4-5,10-14H2,1-3H3. The van der Waals surface area contributed by atoms with Crippen molar-refractivity contribution in [3.05, 3.63) is 41.3 Å². The zero-order chi connectivity index (χ0) is 21.0. The first-order valence-corrected chi connectivity index (χ1v) is 11.2. The van der Waals surface area contributed by atoms with Gasteiger partial charge in [-0.15, -0.1) is 0 Å². The molecular weight excluding hydrogens is 394 g/mol. The van der Waals surface area contributed by atoms with Crippen LogP contribution in [0, 0.1) is 13.8 Å². The molecule has 1 aliphatic rings. The molecule has 29 heavy (non-hydrogen) atoms. The zero-order valence-corrected chi connectivity index (χ0v) is 17.9. The van der Waals surface area contributed by atoms with Crippen molar-refractivity contribution < 1.29 is 22.5 Å². The molecule has 8 nitrogen and oxygen atoms in total. The number of aromatic nitrogens is 1. The van der Waals surface area contributed by atoms with E-state index in [1.165, 1.54) is 9.87 Å². The molecule has 0 spiro atoms. The van der Waals surface area contributed by atoms with Crippen molar-refractivity contribution in [3.63, 3.8) is 0 Å². The van der Waals surface area contributed by atoms with E-state index in [-0.39, 0.29) is 36.3 Å². The number of benzene rings is 1. The van der Waals surface area contributed by atoms with Crippen LogP contribution in [0.5, 0.6) is 5.75 Å². The first kappa shape index (κ1) is 21.3. The smallest absolute Gasteiger partial charge is 0.260 e. The van der Waals surface area contributed by atoms with E-state index in [1.54, 1.807) is 18.7 Å². The molecule has 0 radical (unpaired) electrons. The van der Waals surface area contributed by atoms with Crippen molar-refractivity contribution in [2.75, 3.05) is 32.8 Å². The molecule has 1 aliphatic heterocycles. The molecule has 1 amide bonds. The Morgan fingerprint density at radius 3 is 2.34 bits per heavy atom. The number of carbonyl (C=O) groups excluding carboxylic acids is 1. The number of nitrogens with zero attached hydrogens (tertiary/aromatic N) is 3. The number of hydrogen-bond acceptors (Lipinski definition) is 6. The molecule has 1 fully saturated rings. The zero-order valence-electron chi connectivity index (χ0n) is 17.1. The molecule has 0 unspecified atom stereocenters. The molecule has 9 heteroatoms. The minimum Gasteiger partial charge on any atom is -0.484 e. The van der Waals surface area contributed by atoms with Crippen molar-refractivity contribution in [2.45, 2.75) is 38.5 Å². The van der Waals surface area contributed by atoms with Crippen LogP contribution in [-0.2, 0) is 21.2 Å². The van der Waals surface area contributed by atoms with Crippen molar-refractivity contribution in [1.29, 1.82) is 0 Å². The van der Waals surface area contributed by atoms with Crippen molar-refractivity contribution in [2.24, 2.45) is 0 Å². The van der Waals surface area contributed by atoms with Crippen LogP contribution in [0.1, 0.15) is 30.4 Å². The van der Waals surface area contributed by atoms with E-state index in [9.17, 15) is 13.2 Å². The van der Waals surface area contributed by atoms with E-state index >= 15 is 0 Å². The number of rotatable bonds is 7. The highest BCUT2D eigenvalue weighted by atomic mass is 32.2. The number of piperazine rings is 1. The van der Waals surface area contributed by atoms with Gasteiger partial charge in [0.15, 0.2) is 12.4 Å². The van der Waals surface area contributed by atoms with Crippen LogP contribution in [0.2, 0.25) is 0 Å². The van der Waals surface area contributed by atoms with Gasteiger partial charge in [-0.25, -0.2) is 8.42 Å². The summed E-state index contributed by atoms with van der Waals surface area (Å²) in [6, 6.07) is 7.74. The topological polar surface area (TPSA) is 93.0 Å². The number of sulfonamides is 1. The maximum Gasteiger partial charge on any atom is 0.260 e. The number of carbonyl (C=O) groups is 1. The average Bonchev–Trinajstić information content (AvgIpc) is 3.06. The van der Waals surface area contributed by atoms with Gasteiger partial charge in [0.05, 0.1) is 0 Å². The van der Waals surface area contributed by atoms with Crippen molar-refractivity contribution in [1.82, 2.24) is 14.4 Å². The lowest BCUT2D eigenvalue weighted by Crippen LogP contribution is -2.51. The van der Waals surface area contributed by atoms with Gasteiger partial charge in [-0.3, -0.25) is 4.79 Å². The Bertz CT molecular complexity index is 925. The Morgan fingerprint density at radius 1 is 1.14 bits per heavy atom. The highest BCUT2D eigenvalue weighted by molar-refractivity contribution is 7.89. The minimum atomic E-state index is -3.69. The van der Waals surface area contributed by atoms with Gasteiger partial charge in [-0.2, -0.15) is 4.31 Å². The van der Waals surface area contributed by atoms with Crippen LogP contribution in [0.25, 0.3) is 0 Å². The quantitative estimate of drug-likeness (QED) is 0.680. The normalized spacial score (nSPS) is 15.5. The maximum atomic E-state index is 12.8. The van der Waals surface area contributed by atoms with Crippen LogP contribution >= 0.6 is 0 Å². The lowest BCUT2D eigenvalue weighted by Gasteiger charge is -2.33. The molecule has 3 rings (SSSR count). The second kappa shape index (κ2) is 8.96. The molecule has 1 saturated heterocycles. The molecule has 0 atom stereocenters. The molecular formula is C20H27N3O5S. The van der Waals surface area contributed by atoms with E-state index in [2.05, 4.69) is 12.1 Å². The third-order valence-electron chi connectivity index (χ3n) is 4.98. The summed E-state index contributed by atoms with van der Waals surface area (Å²) in [5.41, 5.74) is 1.58. The molecule has 0 N–H and O–H groups in total. The van der Waals surface area contributed by atoms with Gasteiger partial charge < -0.3 is 14.2 Å². The van der Waals surface area contributed by atoms with Gasteiger partial charge in [0.2, 0.25) is 10.0 Å². The Kier molecular flexibility index (Phi) is 6.59. The lowest BCUT2D eigenvalue weighted by atomic mass is 10.1. The first-order valence-electron chi connectivity index (χ1n) is 9.75. The highest BCUT2D eigenvalue weighted by Gasteiger charge is 2.34. The highest BCUT2D eigenvalue weighted by Crippen LogP contribution is 2.24. The summed E-state index contributed by atoms with van der Waals surface area (Å²) in [6.07, 6.45) is 2.09. The Morgan fingerprint density at radius 2 is 1.79 bits per heavy atom. The average molecular weight is 422 g/mol. The fraction of sp³-hybridized carbons (Fsp3) is 0.500. The second-order valence-electron chi connectivity index (χ2n) is 7.12. The second-order valence-corrected chi connectivity index (χ2v) is 9.00. The largest absolute Gasteiger partial charge is 0.484 e. The van der Waals surface area contributed by atoms with Crippen LogP contribution < -0.4 is 4.74 Å². The Hall–Kier alpha value is -2.39. The van der Waals surface area contributed by atoms with Gasteiger partial charge >= 0.3 is 0 Å². The van der Waals surface area contributed by atoms with Crippen LogP contribution in [-0.4, -0.2) is 61.5 Å². The molecule has 1 aromatic heterocycles. The summed E-state index contributed by atoms with van der Waals surface area (Å²) in [7, 11) is -3.69. The molecule has 0 bridgehead atoms. The molecule has 0 aliphatic carbocycles. The fourth-order valence-electron chi connectivity index (χ4n) is 3.43. The minimum absolute atomic E-state index is 0.0657. The van der Waals surface area contributed by atoms with Gasteiger partial charge in [0.25, 0.3) is 5.91 Å². The summed E-state index contributed by atoms with van der Waals surface area (Å²) >= 11 is 0. The molecule has 1 aromatic carbocycles. The van der Waals surface area contributed by atoms with Crippen molar-refractivity contribution >= 4 is 15.9 Å². The van der Waals surface area contributed by atoms with Crippen LogP contribution in [0.4, 0.5) is 0 Å². The molecule has 158 valence electrons. The van der Waals surface area contributed by atoms with E-state index in [0.29, 0.717) is 24.5 Å². The number of amides is 1. The molecule has 2 aromatic rings. The Balaban J connectivity index is 1.53. The Labute approximate surface area is 171 Å². The van der Waals surface area contributed by atoms with E-state index < -0.39 is 10.0 Å². The fourth-order valence-corrected chi connectivity index (χ4v) is 5.14. The first-order chi connectivity index (χ1) is 13.8. The van der Waals surface area contributed by atoms with Gasteiger partial charge in [-0.05, 0) is 38.0 Å².